The van der Waals surface area contributed by atoms with Crippen molar-refractivity contribution in [3.05, 3.63) is 60.4 Å². The molecule has 0 fully saturated rings. The van der Waals surface area contributed by atoms with Crippen LogP contribution in [0.4, 0.5) is 17.5 Å². The number of aromatic nitrogens is 3. The Bertz CT molecular complexity index is 961. The monoisotopic (exact) mass is 364 g/mol. The molecule has 0 aliphatic carbocycles. The number of hydrogen-bond acceptors (Lipinski definition) is 7. The molecule has 2 heterocycles. The number of aliphatic carboxylic acids is 1. The first-order valence-electron chi connectivity index (χ1n) is 7.93. The van der Waals surface area contributed by atoms with E-state index in [1.165, 1.54) is 0 Å². The van der Waals surface area contributed by atoms with E-state index in [0.29, 0.717) is 16.9 Å². The average molecular weight is 364 g/mol. The van der Waals surface area contributed by atoms with Gasteiger partial charge in [-0.05, 0) is 36.4 Å². The van der Waals surface area contributed by atoms with Crippen LogP contribution in [0.2, 0.25) is 0 Å². The molecule has 3 rings (SSSR count). The molecule has 0 saturated carbocycles. The molecule has 1 aromatic carbocycles. The zero-order chi connectivity index (χ0) is 19.2. The summed E-state index contributed by atoms with van der Waals surface area (Å²) in [5.41, 5.74) is 7.84. The number of carboxylic acid groups (broad SMARTS) is 1. The number of nitrogens with one attached hydrogen (secondary N) is 2. The number of nitrogen functional groups attached to an aromatic ring is 1. The highest BCUT2D eigenvalue weighted by atomic mass is 16.4. The maximum Gasteiger partial charge on any atom is 0.322 e. The molecule has 0 atom stereocenters. The minimum atomic E-state index is -1.06. The second-order valence-corrected chi connectivity index (χ2v) is 5.52. The summed E-state index contributed by atoms with van der Waals surface area (Å²) in [6, 6.07) is 11.5. The number of nitrogens with zero attached hydrogens (tertiary/aromatic N) is 3. The van der Waals surface area contributed by atoms with Crippen LogP contribution in [-0.4, -0.2) is 38.5 Å². The fourth-order valence-electron chi connectivity index (χ4n) is 2.24. The molecule has 27 heavy (non-hydrogen) atoms. The number of carbonyl (C=O) groups is 2. The van der Waals surface area contributed by atoms with E-state index in [1.54, 1.807) is 54.9 Å². The molecule has 3 aromatic rings. The number of rotatable bonds is 6. The molecule has 2 aromatic heterocycles. The van der Waals surface area contributed by atoms with Crippen LogP contribution < -0.4 is 16.4 Å². The minimum absolute atomic E-state index is 0.0827. The normalized spacial score (nSPS) is 10.2. The van der Waals surface area contributed by atoms with Crippen molar-refractivity contribution in [1.82, 2.24) is 15.0 Å². The maximum atomic E-state index is 12.4. The molecular weight excluding hydrogens is 348 g/mol. The fraction of sp³-hybridized carbons (Fsp3) is 0.0556. The Morgan fingerprint density at radius 2 is 1.74 bits per heavy atom. The van der Waals surface area contributed by atoms with Gasteiger partial charge in [0.25, 0.3) is 5.91 Å². The summed E-state index contributed by atoms with van der Waals surface area (Å²) in [4.78, 5) is 35.6. The van der Waals surface area contributed by atoms with Gasteiger partial charge in [-0.25, -0.2) is 4.98 Å². The van der Waals surface area contributed by atoms with Crippen LogP contribution in [0.1, 0.15) is 10.4 Å². The summed E-state index contributed by atoms with van der Waals surface area (Å²) < 4.78 is 0. The first-order valence-corrected chi connectivity index (χ1v) is 7.93. The Morgan fingerprint density at radius 3 is 2.41 bits per heavy atom. The largest absolute Gasteiger partial charge is 0.480 e. The van der Waals surface area contributed by atoms with Gasteiger partial charge in [-0.2, -0.15) is 4.98 Å². The molecule has 136 valence electrons. The zero-order valence-corrected chi connectivity index (χ0v) is 14.1. The highest BCUT2D eigenvalue weighted by Gasteiger charge is 2.11. The van der Waals surface area contributed by atoms with E-state index in [-0.39, 0.29) is 24.2 Å². The van der Waals surface area contributed by atoms with E-state index in [0.717, 1.165) is 5.56 Å². The molecular formula is C18H16N6O3. The molecule has 0 saturated heterocycles. The van der Waals surface area contributed by atoms with Gasteiger partial charge in [-0.15, -0.1) is 0 Å². The quantitative estimate of drug-likeness (QED) is 0.485. The molecule has 9 heteroatoms. The van der Waals surface area contributed by atoms with Crippen LogP contribution >= 0.6 is 0 Å². The van der Waals surface area contributed by atoms with Crippen molar-refractivity contribution >= 4 is 29.3 Å². The molecule has 0 radical (unpaired) electrons. The van der Waals surface area contributed by atoms with Crippen molar-refractivity contribution < 1.29 is 14.7 Å². The van der Waals surface area contributed by atoms with Gasteiger partial charge in [0.15, 0.2) is 0 Å². The SMILES string of the molecule is Nc1ccc(C(=O)Nc2cc(-c3ccncc3)nc(NCC(=O)O)n2)cc1. The van der Waals surface area contributed by atoms with Crippen LogP contribution in [0.3, 0.4) is 0 Å². The average Bonchev–Trinajstić information content (AvgIpc) is 2.67. The zero-order valence-electron chi connectivity index (χ0n) is 14.1. The number of pyridine rings is 1. The number of benzene rings is 1. The number of nitrogens with two attached hydrogens (primary N) is 1. The van der Waals surface area contributed by atoms with E-state index in [9.17, 15) is 9.59 Å². The van der Waals surface area contributed by atoms with Crippen molar-refractivity contribution in [3.63, 3.8) is 0 Å². The first kappa shape index (κ1) is 17.8. The van der Waals surface area contributed by atoms with Gasteiger partial charge in [0.05, 0.1) is 5.69 Å². The van der Waals surface area contributed by atoms with Crippen molar-refractivity contribution in [1.29, 1.82) is 0 Å². The summed E-state index contributed by atoms with van der Waals surface area (Å²) in [6.07, 6.45) is 3.21. The lowest BCUT2D eigenvalue weighted by Crippen LogP contribution is -2.17. The Morgan fingerprint density at radius 1 is 1.04 bits per heavy atom. The fourth-order valence-corrected chi connectivity index (χ4v) is 2.24. The third-order valence-electron chi connectivity index (χ3n) is 3.51. The second-order valence-electron chi connectivity index (χ2n) is 5.52. The lowest BCUT2D eigenvalue weighted by molar-refractivity contribution is -0.134. The number of carbonyl (C=O) groups excluding carboxylic acids is 1. The maximum absolute atomic E-state index is 12.4. The smallest absolute Gasteiger partial charge is 0.322 e. The third-order valence-corrected chi connectivity index (χ3v) is 3.51. The first-order chi connectivity index (χ1) is 13.0. The Labute approximate surface area is 154 Å². The van der Waals surface area contributed by atoms with Crippen molar-refractivity contribution in [2.24, 2.45) is 0 Å². The Kier molecular flexibility index (Phi) is 5.22. The predicted molar refractivity (Wildman–Crippen MR) is 100 cm³/mol. The Hall–Kier alpha value is -4.01. The molecule has 9 nitrogen and oxygen atoms in total. The molecule has 0 spiro atoms. The van der Waals surface area contributed by atoms with E-state index in [4.69, 9.17) is 10.8 Å². The number of anilines is 3. The molecule has 0 aliphatic heterocycles. The van der Waals surface area contributed by atoms with Gasteiger partial charge < -0.3 is 21.5 Å². The summed E-state index contributed by atoms with van der Waals surface area (Å²) >= 11 is 0. The topological polar surface area (TPSA) is 143 Å². The standard InChI is InChI=1S/C18H16N6O3/c19-13-3-1-12(2-4-13)17(27)23-15-9-14(11-5-7-20-8-6-11)22-18(24-15)21-10-16(25)26/h1-9H,10,19H2,(H,25,26)(H2,21,22,23,24,27). The molecule has 1 amide bonds. The summed E-state index contributed by atoms with van der Waals surface area (Å²) in [5, 5.41) is 14.1. The number of carboxylic acids is 1. The second kappa shape index (κ2) is 7.91. The van der Waals surface area contributed by atoms with Crippen LogP contribution in [0.15, 0.2) is 54.9 Å². The van der Waals surface area contributed by atoms with E-state index in [1.807, 2.05) is 0 Å². The number of hydrogen-bond donors (Lipinski definition) is 4. The third kappa shape index (κ3) is 4.75. The van der Waals surface area contributed by atoms with Gasteiger partial charge in [0.1, 0.15) is 12.4 Å². The van der Waals surface area contributed by atoms with Gasteiger partial charge in [-0.3, -0.25) is 14.6 Å². The molecule has 0 bridgehead atoms. The Balaban J connectivity index is 1.90. The van der Waals surface area contributed by atoms with Crippen molar-refractivity contribution in [2.45, 2.75) is 0 Å². The van der Waals surface area contributed by atoms with E-state index >= 15 is 0 Å². The van der Waals surface area contributed by atoms with Crippen LogP contribution in [0, 0.1) is 0 Å². The van der Waals surface area contributed by atoms with Gasteiger partial charge >= 0.3 is 5.97 Å². The van der Waals surface area contributed by atoms with Crippen LogP contribution in [0.25, 0.3) is 11.3 Å². The molecule has 5 N–H and O–H groups in total. The highest BCUT2D eigenvalue weighted by Crippen LogP contribution is 2.21. The van der Waals surface area contributed by atoms with Crippen LogP contribution in [0.5, 0.6) is 0 Å². The van der Waals surface area contributed by atoms with E-state index < -0.39 is 5.97 Å². The van der Waals surface area contributed by atoms with Crippen LogP contribution in [-0.2, 0) is 4.79 Å². The van der Waals surface area contributed by atoms with Crippen molar-refractivity contribution in [2.75, 3.05) is 22.9 Å². The summed E-state index contributed by atoms with van der Waals surface area (Å²) in [6.45, 7) is -0.356. The lowest BCUT2D eigenvalue weighted by atomic mass is 10.2. The number of amides is 1. The lowest BCUT2D eigenvalue weighted by Gasteiger charge is -2.10. The van der Waals surface area contributed by atoms with Gasteiger partial charge in [-0.1, -0.05) is 0 Å². The predicted octanol–water partition coefficient (Wildman–Crippen LogP) is 1.87. The van der Waals surface area contributed by atoms with E-state index in [2.05, 4.69) is 25.6 Å². The summed E-state index contributed by atoms with van der Waals surface area (Å²) in [7, 11) is 0. The van der Waals surface area contributed by atoms with Gasteiger partial charge in [0, 0.05) is 35.3 Å². The highest BCUT2D eigenvalue weighted by molar-refractivity contribution is 6.04. The summed E-state index contributed by atoms with van der Waals surface area (Å²) in [5.74, 6) is -1.12. The van der Waals surface area contributed by atoms with Gasteiger partial charge in [0.2, 0.25) is 5.95 Å². The molecule has 0 unspecified atom stereocenters. The van der Waals surface area contributed by atoms with Crippen molar-refractivity contribution in [3.8, 4) is 11.3 Å². The molecule has 0 aliphatic rings. The minimum Gasteiger partial charge on any atom is -0.480 e.